The van der Waals surface area contributed by atoms with E-state index >= 15 is 0 Å². The maximum atomic E-state index is 14.5. The topological polar surface area (TPSA) is 141 Å². The van der Waals surface area contributed by atoms with E-state index in [0.29, 0.717) is 48.8 Å². The second-order valence-electron chi connectivity index (χ2n) is 10.8. The lowest BCUT2D eigenvalue weighted by atomic mass is 9.80. The molecule has 1 heterocycles. The van der Waals surface area contributed by atoms with Gasteiger partial charge >= 0.3 is 0 Å². The number of carbonyl (C=O) groups is 1. The summed E-state index contributed by atoms with van der Waals surface area (Å²) in [7, 11) is 0. The molecule has 1 aliphatic heterocycles. The number of azide groups is 1. The monoisotopic (exact) mass is 682 g/mol. The van der Waals surface area contributed by atoms with Gasteiger partial charge in [0, 0.05) is 40.9 Å². The van der Waals surface area contributed by atoms with Crippen molar-refractivity contribution in [3.8, 4) is 5.75 Å². The molecule has 0 spiro atoms. The molecule has 4 aromatic carbocycles. The molecular formula is C35H35BrN6O4. The molecule has 0 aromatic heterocycles. The van der Waals surface area contributed by atoms with E-state index in [4.69, 9.17) is 25.1 Å². The fourth-order valence-corrected chi connectivity index (χ4v) is 5.76. The van der Waals surface area contributed by atoms with E-state index < -0.39 is 11.6 Å². The van der Waals surface area contributed by atoms with E-state index in [1.165, 1.54) is 0 Å². The van der Waals surface area contributed by atoms with Crippen molar-refractivity contribution in [3.05, 3.63) is 146 Å². The lowest BCUT2D eigenvalue weighted by Gasteiger charge is -2.32. The molecule has 11 heteroatoms. The smallest absolute Gasteiger partial charge is 0.266 e. The van der Waals surface area contributed by atoms with Gasteiger partial charge in [-0.3, -0.25) is 10.2 Å². The van der Waals surface area contributed by atoms with Gasteiger partial charge in [-0.05, 0) is 64.5 Å². The molecule has 0 saturated heterocycles. The number of aliphatic hydroxyl groups excluding tert-OH is 1. The highest BCUT2D eigenvalue weighted by Gasteiger charge is 2.54. The maximum Gasteiger partial charge on any atom is 0.266 e. The first kappa shape index (κ1) is 32.7. The third kappa shape index (κ3) is 7.94. The van der Waals surface area contributed by atoms with E-state index in [-0.39, 0.29) is 25.5 Å². The van der Waals surface area contributed by atoms with Gasteiger partial charge in [0.05, 0.1) is 13.2 Å². The summed E-state index contributed by atoms with van der Waals surface area (Å²) < 4.78 is 13.2. The second-order valence-corrected chi connectivity index (χ2v) is 11.6. The van der Waals surface area contributed by atoms with E-state index in [1.807, 2.05) is 103 Å². The van der Waals surface area contributed by atoms with Crippen LogP contribution in [0.2, 0.25) is 0 Å². The molecule has 4 aromatic rings. The van der Waals surface area contributed by atoms with Crippen molar-refractivity contribution in [2.75, 3.05) is 19.8 Å². The van der Waals surface area contributed by atoms with Crippen LogP contribution >= 0.6 is 15.9 Å². The van der Waals surface area contributed by atoms with E-state index in [9.17, 15) is 4.79 Å². The van der Waals surface area contributed by atoms with Gasteiger partial charge in [-0.15, -0.1) is 0 Å². The zero-order chi connectivity index (χ0) is 32.2. The minimum Gasteiger partial charge on any atom is -0.494 e. The predicted molar refractivity (Wildman–Crippen MR) is 180 cm³/mol. The summed E-state index contributed by atoms with van der Waals surface area (Å²) in [4.78, 5) is 22.5. The van der Waals surface area contributed by atoms with E-state index in [1.54, 1.807) is 0 Å². The van der Waals surface area contributed by atoms with Crippen molar-refractivity contribution >= 4 is 27.7 Å². The Morgan fingerprint density at radius 2 is 1.72 bits per heavy atom. The summed E-state index contributed by atoms with van der Waals surface area (Å²) >= 11 is 3.66. The Morgan fingerprint density at radius 1 is 1.00 bits per heavy atom. The van der Waals surface area contributed by atoms with Gasteiger partial charge in [0.25, 0.3) is 5.91 Å². The van der Waals surface area contributed by atoms with Crippen molar-refractivity contribution < 1.29 is 19.4 Å². The Morgan fingerprint density at radius 3 is 2.46 bits per heavy atom. The largest absolute Gasteiger partial charge is 0.494 e. The Kier molecular flexibility index (Phi) is 11.4. The number of hydrazine groups is 1. The Labute approximate surface area is 276 Å². The summed E-state index contributed by atoms with van der Waals surface area (Å²) in [6.07, 6.45) is 0.610. The first-order valence-corrected chi connectivity index (χ1v) is 15.8. The molecule has 0 bridgehead atoms. The third-order valence-corrected chi connectivity index (χ3v) is 8.45. The van der Waals surface area contributed by atoms with Crippen molar-refractivity contribution in [1.29, 1.82) is 0 Å². The SMILES string of the molecule is [N-]=[N+]=NCc1ccccc1[C@@H]1OC(c2ccc(OCCCO)cc2)=N[C@]1(Cc1ccccc1Br)C(=O)NNCCc1ccccc1. The fourth-order valence-electron chi connectivity index (χ4n) is 5.34. The summed E-state index contributed by atoms with van der Waals surface area (Å²) in [5, 5.41) is 12.9. The number of nitrogens with zero attached hydrogens (tertiary/aromatic N) is 4. The van der Waals surface area contributed by atoms with Gasteiger partial charge in [0.2, 0.25) is 5.90 Å². The number of amides is 1. The van der Waals surface area contributed by atoms with E-state index in [0.717, 1.165) is 21.2 Å². The number of aliphatic hydroxyl groups is 1. The van der Waals surface area contributed by atoms with Crippen LogP contribution in [0.25, 0.3) is 10.4 Å². The minimum absolute atomic E-state index is 0.0497. The van der Waals surface area contributed by atoms with Crippen LogP contribution in [0.1, 0.15) is 40.3 Å². The lowest BCUT2D eigenvalue weighted by Crippen LogP contribution is -2.54. The normalized spacial score (nSPS) is 17.0. The van der Waals surface area contributed by atoms with E-state index in [2.05, 4.69) is 36.8 Å². The van der Waals surface area contributed by atoms with Gasteiger partial charge in [-0.1, -0.05) is 93.8 Å². The van der Waals surface area contributed by atoms with Crippen LogP contribution in [0, 0.1) is 0 Å². The van der Waals surface area contributed by atoms with Gasteiger partial charge in [0.1, 0.15) is 5.75 Å². The standard InChI is InChI=1S/C35H35BrN6O4/c36-31-14-7-5-11-27(31)23-35(34(44)41-38-20-19-25-9-2-1-3-10-25)32(30-13-6-4-12-28(30)24-39-42-37)46-33(40-35)26-15-17-29(18-16-26)45-22-8-21-43/h1-7,9-18,32,38,43H,8,19-24H2,(H,41,44)/t32-,35-/m0/s1. The average Bonchev–Trinajstić information content (AvgIpc) is 3.48. The number of halogens is 1. The molecule has 1 aliphatic rings. The number of carbonyl (C=O) groups excluding carboxylic acids is 1. The van der Waals surface area contributed by atoms with Crippen LogP contribution in [0.5, 0.6) is 5.75 Å². The predicted octanol–water partition coefficient (Wildman–Crippen LogP) is 6.38. The number of hydrogen-bond acceptors (Lipinski definition) is 7. The highest BCUT2D eigenvalue weighted by molar-refractivity contribution is 9.10. The van der Waals surface area contributed by atoms with Crippen LogP contribution < -0.4 is 15.6 Å². The highest BCUT2D eigenvalue weighted by atomic mass is 79.9. The number of hydrogen-bond donors (Lipinski definition) is 3. The van der Waals surface area contributed by atoms with Gasteiger partial charge in [0.15, 0.2) is 11.6 Å². The summed E-state index contributed by atoms with van der Waals surface area (Å²) in [6, 6.07) is 32.5. The quantitative estimate of drug-likeness (QED) is 0.0439. The molecule has 1 amide bonds. The van der Waals surface area contributed by atoms with Crippen LogP contribution in [0.15, 0.2) is 118 Å². The van der Waals surface area contributed by atoms with Crippen molar-refractivity contribution in [2.45, 2.75) is 37.5 Å². The summed E-state index contributed by atoms with van der Waals surface area (Å²) in [5.74, 6) is 0.586. The first-order valence-electron chi connectivity index (χ1n) is 15.0. The zero-order valence-corrected chi connectivity index (χ0v) is 26.8. The molecule has 236 valence electrons. The summed E-state index contributed by atoms with van der Waals surface area (Å²) in [6.45, 7) is 1.04. The minimum atomic E-state index is -1.44. The van der Waals surface area contributed by atoms with Crippen molar-refractivity contribution in [2.24, 2.45) is 10.1 Å². The number of aliphatic imine (C=N–C) groups is 1. The van der Waals surface area contributed by atoms with Crippen LogP contribution in [0.4, 0.5) is 0 Å². The molecule has 2 atom stereocenters. The average molecular weight is 684 g/mol. The molecule has 0 unspecified atom stereocenters. The Hall–Kier alpha value is -4.67. The van der Waals surface area contributed by atoms with Crippen LogP contribution in [-0.2, 0) is 28.9 Å². The van der Waals surface area contributed by atoms with Crippen molar-refractivity contribution in [1.82, 2.24) is 10.9 Å². The molecule has 3 N–H and O–H groups in total. The van der Waals surface area contributed by atoms with Crippen LogP contribution in [0.3, 0.4) is 0 Å². The Balaban J connectivity index is 1.54. The molecular weight excluding hydrogens is 648 g/mol. The third-order valence-electron chi connectivity index (χ3n) is 7.67. The number of rotatable bonds is 15. The zero-order valence-electron chi connectivity index (χ0n) is 25.2. The van der Waals surface area contributed by atoms with Crippen LogP contribution in [-0.4, -0.2) is 42.2 Å². The molecule has 0 saturated carbocycles. The van der Waals surface area contributed by atoms with Gasteiger partial charge < -0.3 is 14.6 Å². The number of benzene rings is 4. The first-order chi connectivity index (χ1) is 22.5. The molecule has 5 rings (SSSR count). The van der Waals surface area contributed by atoms with Gasteiger partial charge in [-0.2, -0.15) is 0 Å². The summed E-state index contributed by atoms with van der Waals surface area (Å²) in [5.41, 5.74) is 17.8. The lowest BCUT2D eigenvalue weighted by molar-refractivity contribution is -0.130. The molecule has 0 fully saturated rings. The van der Waals surface area contributed by atoms with Gasteiger partial charge in [-0.25, -0.2) is 10.4 Å². The van der Waals surface area contributed by atoms with Crippen molar-refractivity contribution in [3.63, 3.8) is 0 Å². The number of nitrogens with one attached hydrogen (secondary N) is 2. The fraction of sp³-hybridized carbons (Fsp3) is 0.257. The Bertz CT molecular complexity index is 1700. The molecule has 0 aliphatic carbocycles. The second kappa shape index (κ2) is 16.1. The molecule has 0 radical (unpaired) electrons. The number of ether oxygens (including phenoxy) is 2. The molecule has 10 nitrogen and oxygen atoms in total. The maximum absolute atomic E-state index is 14.5. The highest BCUT2D eigenvalue weighted by Crippen LogP contribution is 2.44. The molecule has 46 heavy (non-hydrogen) atoms.